The van der Waals surface area contributed by atoms with Crippen LogP contribution in [0.1, 0.15) is 21.5 Å². The van der Waals surface area contributed by atoms with E-state index >= 15 is 0 Å². The molecule has 29 heavy (non-hydrogen) atoms. The van der Waals surface area contributed by atoms with Crippen LogP contribution in [0.25, 0.3) is 0 Å². The molecule has 0 atom stereocenters. The fourth-order valence-electron chi connectivity index (χ4n) is 2.77. The number of nitrogens with one attached hydrogen (secondary N) is 1. The number of benzene rings is 3. The van der Waals surface area contributed by atoms with Crippen LogP contribution in [-0.2, 0) is 16.6 Å². The maximum absolute atomic E-state index is 12.5. The van der Waals surface area contributed by atoms with Crippen LogP contribution in [0.2, 0.25) is 0 Å². The van der Waals surface area contributed by atoms with Gasteiger partial charge < -0.3 is 5.32 Å². The lowest BCUT2D eigenvalue weighted by Crippen LogP contribution is -2.29. The van der Waals surface area contributed by atoms with E-state index in [9.17, 15) is 13.2 Å². The number of carbonyl (C=O) groups excluding carboxylic acids is 1. The first-order chi connectivity index (χ1) is 13.7. The van der Waals surface area contributed by atoms with Crippen LogP contribution in [0.4, 0.5) is 11.4 Å². The van der Waals surface area contributed by atoms with Crippen molar-refractivity contribution in [1.29, 1.82) is 0 Å². The molecule has 0 radical (unpaired) electrons. The molecule has 150 valence electrons. The van der Waals surface area contributed by atoms with Gasteiger partial charge in [-0.3, -0.25) is 9.10 Å². The molecule has 0 heterocycles. The normalized spacial score (nSPS) is 11.1. The van der Waals surface area contributed by atoms with Crippen LogP contribution in [-0.4, -0.2) is 20.6 Å². The largest absolute Gasteiger partial charge is 0.322 e. The highest BCUT2D eigenvalue weighted by atomic mass is 127. The molecule has 0 aliphatic carbocycles. The molecule has 3 aromatic carbocycles. The van der Waals surface area contributed by atoms with Crippen molar-refractivity contribution in [2.45, 2.75) is 13.5 Å². The van der Waals surface area contributed by atoms with Crippen LogP contribution >= 0.6 is 22.6 Å². The van der Waals surface area contributed by atoms with Crippen molar-refractivity contribution in [1.82, 2.24) is 0 Å². The number of amides is 1. The van der Waals surface area contributed by atoms with Gasteiger partial charge in [-0.1, -0.05) is 29.8 Å². The van der Waals surface area contributed by atoms with Gasteiger partial charge >= 0.3 is 0 Å². The number of hydrogen-bond acceptors (Lipinski definition) is 3. The summed E-state index contributed by atoms with van der Waals surface area (Å²) < 4.78 is 27.1. The summed E-state index contributed by atoms with van der Waals surface area (Å²) >= 11 is 2.20. The molecule has 0 aliphatic rings. The summed E-state index contributed by atoms with van der Waals surface area (Å²) in [5.74, 6) is -0.248. The second-order valence-electron chi connectivity index (χ2n) is 6.76. The van der Waals surface area contributed by atoms with Crippen LogP contribution in [0.3, 0.4) is 0 Å². The van der Waals surface area contributed by atoms with Crippen molar-refractivity contribution in [3.8, 4) is 0 Å². The van der Waals surface area contributed by atoms with Gasteiger partial charge in [-0.15, -0.1) is 0 Å². The molecule has 0 fully saturated rings. The van der Waals surface area contributed by atoms with Crippen molar-refractivity contribution >= 4 is 49.9 Å². The third kappa shape index (κ3) is 5.80. The fraction of sp³-hybridized carbons (Fsp3) is 0.136. The molecule has 0 saturated carbocycles. The second-order valence-corrected chi connectivity index (χ2v) is 9.92. The van der Waals surface area contributed by atoms with Gasteiger partial charge in [-0.2, -0.15) is 0 Å². The lowest BCUT2D eigenvalue weighted by atomic mass is 10.1. The number of halogens is 1. The van der Waals surface area contributed by atoms with Gasteiger partial charge in [0.15, 0.2) is 0 Å². The smallest absolute Gasteiger partial charge is 0.255 e. The van der Waals surface area contributed by atoms with E-state index in [-0.39, 0.29) is 12.5 Å². The molecule has 0 unspecified atom stereocenters. The van der Waals surface area contributed by atoms with Crippen molar-refractivity contribution < 1.29 is 13.2 Å². The molecular formula is C22H21IN2O3S. The van der Waals surface area contributed by atoms with E-state index in [0.29, 0.717) is 16.9 Å². The third-order valence-corrected chi connectivity index (χ3v) is 6.23. The Balaban J connectivity index is 1.79. The molecule has 1 N–H and O–H groups in total. The molecule has 3 rings (SSSR count). The Morgan fingerprint density at radius 1 is 0.931 bits per heavy atom. The van der Waals surface area contributed by atoms with Crippen molar-refractivity contribution in [3.63, 3.8) is 0 Å². The van der Waals surface area contributed by atoms with Gasteiger partial charge in [0.2, 0.25) is 10.0 Å². The van der Waals surface area contributed by atoms with E-state index in [0.717, 1.165) is 14.7 Å². The summed E-state index contributed by atoms with van der Waals surface area (Å²) in [6.07, 6.45) is 1.18. The summed E-state index contributed by atoms with van der Waals surface area (Å²) in [5, 5.41) is 2.84. The molecule has 3 aromatic rings. The lowest BCUT2D eigenvalue weighted by molar-refractivity contribution is 0.102. The number of hydrogen-bond donors (Lipinski definition) is 1. The SMILES string of the molecule is Cc1ccc(CN(c2ccc(C(=O)Nc3ccc(I)cc3)cc2)S(C)(=O)=O)cc1. The molecule has 0 bridgehead atoms. The summed E-state index contributed by atoms with van der Waals surface area (Å²) in [7, 11) is -3.48. The number of nitrogens with zero attached hydrogens (tertiary/aromatic N) is 1. The Kier molecular flexibility index (Phi) is 6.59. The van der Waals surface area contributed by atoms with Gasteiger partial charge in [0.1, 0.15) is 0 Å². The summed E-state index contributed by atoms with van der Waals surface area (Å²) in [6, 6.07) is 21.8. The van der Waals surface area contributed by atoms with Gasteiger partial charge in [-0.25, -0.2) is 8.42 Å². The van der Waals surface area contributed by atoms with Crippen LogP contribution in [0, 0.1) is 10.5 Å². The first kappa shape index (κ1) is 21.3. The standard InChI is InChI=1S/C22H21IN2O3S/c1-16-3-5-17(6-4-16)15-25(29(2,27)28)21-13-7-18(8-14-21)22(26)24-20-11-9-19(23)10-12-20/h3-14H,15H2,1-2H3,(H,24,26). The zero-order chi connectivity index (χ0) is 21.0. The average Bonchev–Trinajstić information content (AvgIpc) is 2.68. The van der Waals surface area contributed by atoms with Crippen LogP contribution in [0.15, 0.2) is 72.8 Å². The van der Waals surface area contributed by atoms with Crippen LogP contribution < -0.4 is 9.62 Å². The van der Waals surface area contributed by atoms with Crippen LogP contribution in [0.5, 0.6) is 0 Å². The maximum atomic E-state index is 12.5. The Bertz CT molecular complexity index is 1090. The molecular weight excluding hydrogens is 499 g/mol. The minimum absolute atomic E-state index is 0.229. The van der Waals surface area contributed by atoms with Crippen molar-refractivity contribution in [2.75, 3.05) is 15.9 Å². The van der Waals surface area contributed by atoms with Gasteiger partial charge in [0.05, 0.1) is 18.5 Å². The monoisotopic (exact) mass is 520 g/mol. The average molecular weight is 520 g/mol. The van der Waals surface area contributed by atoms with E-state index in [1.165, 1.54) is 10.6 Å². The summed E-state index contributed by atoms with van der Waals surface area (Å²) in [5.41, 5.74) is 3.68. The van der Waals surface area contributed by atoms with E-state index in [1.54, 1.807) is 24.3 Å². The van der Waals surface area contributed by atoms with E-state index in [2.05, 4.69) is 27.9 Å². The quantitative estimate of drug-likeness (QED) is 0.475. The topological polar surface area (TPSA) is 66.5 Å². The number of aryl methyl sites for hydroxylation is 1. The van der Waals surface area contributed by atoms with Crippen molar-refractivity contribution in [2.24, 2.45) is 0 Å². The molecule has 0 aromatic heterocycles. The maximum Gasteiger partial charge on any atom is 0.255 e. The molecule has 7 heteroatoms. The highest BCUT2D eigenvalue weighted by Crippen LogP contribution is 2.22. The molecule has 0 saturated heterocycles. The first-order valence-electron chi connectivity index (χ1n) is 8.92. The fourth-order valence-corrected chi connectivity index (χ4v) is 4.02. The minimum Gasteiger partial charge on any atom is -0.322 e. The number of rotatable bonds is 6. The van der Waals surface area contributed by atoms with Crippen molar-refractivity contribution in [3.05, 3.63) is 93.1 Å². The molecule has 1 amide bonds. The van der Waals surface area contributed by atoms with Gasteiger partial charge in [0, 0.05) is 14.8 Å². The Hall–Kier alpha value is -2.39. The van der Waals surface area contributed by atoms with Gasteiger partial charge in [0.25, 0.3) is 5.91 Å². The third-order valence-electron chi connectivity index (χ3n) is 4.37. The van der Waals surface area contributed by atoms with E-state index in [4.69, 9.17) is 0 Å². The highest BCUT2D eigenvalue weighted by Gasteiger charge is 2.18. The predicted molar refractivity (Wildman–Crippen MR) is 126 cm³/mol. The highest BCUT2D eigenvalue weighted by molar-refractivity contribution is 14.1. The number of sulfonamides is 1. The Labute approximate surface area is 184 Å². The van der Waals surface area contributed by atoms with E-state index < -0.39 is 10.0 Å². The predicted octanol–water partition coefficient (Wildman–Crippen LogP) is 4.82. The summed E-state index contributed by atoms with van der Waals surface area (Å²) in [4.78, 5) is 12.5. The lowest BCUT2D eigenvalue weighted by Gasteiger charge is -2.23. The molecule has 5 nitrogen and oxygen atoms in total. The zero-order valence-corrected chi connectivity index (χ0v) is 19.1. The first-order valence-corrected chi connectivity index (χ1v) is 11.9. The second kappa shape index (κ2) is 8.96. The Morgan fingerprint density at radius 3 is 2.07 bits per heavy atom. The number of anilines is 2. The minimum atomic E-state index is -3.48. The number of carbonyl (C=O) groups is 1. The Morgan fingerprint density at radius 2 is 1.52 bits per heavy atom. The van der Waals surface area contributed by atoms with E-state index in [1.807, 2.05) is 55.5 Å². The molecule has 0 aliphatic heterocycles. The molecule has 0 spiro atoms. The zero-order valence-electron chi connectivity index (χ0n) is 16.1. The van der Waals surface area contributed by atoms with Gasteiger partial charge in [-0.05, 0) is 83.6 Å². The summed E-state index contributed by atoms with van der Waals surface area (Å²) in [6.45, 7) is 2.21.